The molecule has 4 saturated heterocycles. The molecule has 0 bridgehead atoms. The fourth-order valence-corrected chi connectivity index (χ4v) is 13.5. The standard InChI is InChI=1S/C24H20F3N5O.C19H23F3N2O2.C14H15F3N2.C11H18N2O2.C10H7N3O2.C8H6BrF3.6CH4.ClH/c25-24(26,27)18-4-1-3-17(13-18)14-23(15-28)7-11-32(12-8-23)22(33)19-5-2-9-30-21(19)20-6-10-29-16-31-20;1-17(2,3)26-16(25)24-9-7-18(13-23,8-10-24)12-14-5-4-6-15(11-14)19(20,21)22;15-14(16,17)12-3-1-2-11(8-12)9-13(10-18)4-6-19-7-5-13;1-11(2,3)15-10(14)13-6-4-9(8-12)5-7-13;14-10(15)7-2-1-4-12-9(7)8-3-5-11-6-13-8;9-5-6-2-1-3-7(4-6)8(10,11)12;;;;;;;/h1-6,9-10,13,16H,7-8,11-12,14H2;4-6,11H,7-10,12H2,1-3H3;1-3,8,19H,4-7,9H2;9H,4-7H2,1-3H3;1-6H,(H,14,15);1-4H,5H2;6*1H4;1H. The number of carbonyl (C=O) groups is 4. The third kappa shape index (κ3) is 36.1. The fraction of sp³-hybridized carbons (Fsp3) is 0.457. The van der Waals surface area contributed by atoms with Crippen LogP contribution in [-0.2, 0) is 58.8 Å². The molecule has 127 heavy (non-hydrogen) atoms. The van der Waals surface area contributed by atoms with Crippen LogP contribution in [0.1, 0.15) is 203 Å². The molecule has 0 radical (unpaired) electrons. The Labute approximate surface area is 752 Å². The van der Waals surface area contributed by atoms with E-state index in [9.17, 15) is 87.6 Å². The molecule has 4 aromatic heterocycles. The molecule has 2 N–H and O–H groups in total. The number of amides is 3. The second-order valence-electron chi connectivity index (χ2n) is 30.8. The van der Waals surface area contributed by atoms with Crippen molar-refractivity contribution in [2.24, 2.45) is 22.2 Å². The van der Waals surface area contributed by atoms with Gasteiger partial charge >= 0.3 is 42.9 Å². The molecule has 0 aliphatic carbocycles. The molecule has 21 nitrogen and oxygen atoms in total. The van der Waals surface area contributed by atoms with E-state index >= 15 is 0 Å². The Balaban J connectivity index is 0.00000153. The van der Waals surface area contributed by atoms with Gasteiger partial charge in [-0.25, -0.2) is 34.3 Å². The SMILES string of the molecule is C.C.C.C.C.C.CC(C)(C)OC(=O)N1CCC(C#N)(Cc2cccc(C(F)(F)F)c2)CC1.CC(C)(C)OC(=O)N1CCC(C#N)CC1.Cl.FC(F)(F)c1cccc(CBr)c1.N#CC1(Cc2cccc(C(F)(F)F)c2)CCN(C(=O)c2cccnc2-c2ccncn2)CC1.N#CC1(Cc2cccc(C(F)(F)F)c2)CCNCC1.O=C(O)c1cccnc1-c1ccncn1. The van der Waals surface area contributed by atoms with E-state index in [1.54, 1.807) is 109 Å². The van der Waals surface area contributed by atoms with E-state index in [0.717, 1.165) is 74.5 Å². The number of hydrogen-bond donors (Lipinski definition) is 2. The fourth-order valence-electron chi connectivity index (χ4n) is 13.2. The topological polar surface area (TPSA) is 301 Å². The number of pyridine rings is 2. The van der Waals surface area contributed by atoms with Crippen LogP contribution in [0.25, 0.3) is 22.8 Å². The van der Waals surface area contributed by atoms with Crippen molar-refractivity contribution in [3.8, 4) is 47.1 Å². The summed E-state index contributed by atoms with van der Waals surface area (Å²) in [6.45, 7) is 15.0. The number of carboxylic acid groups (broad SMARTS) is 1. The highest BCUT2D eigenvalue weighted by molar-refractivity contribution is 9.08. The lowest BCUT2D eigenvalue weighted by atomic mass is 9.75. The summed E-state index contributed by atoms with van der Waals surface area (Å²) in [7, 11) is 0. The maximum absolute atomic E-state index is 13.2. The highest BCUT2D eigenvalue weighted by atomic mass is 79.9. The van der Waals surface area contributed by atoms with E-state index in [2.05, 4.69) is 75.4 Å². The number of piperidine rings is 4. The van der Waals surface area contributed by atoms with Crippen molar-refractivity contribution in [2.45, 2.75) is 198 Å². The van der Waals surface area contributed by atoms with Crippen LogP contribution in [0, 0.1) is 67.5 Å². The third-order valence-corrected chi connectivity index (χ3v) is 20.2. The highest BCUT2D eigenvalue weighted by Crippen LogP contribution is 2.41. The molecule has 4 aromatic carbocycles. The van der Waals surface area contributed by atoms with Crippen molar-refractivity contribution in [1.82, 2.24) is 49.9 Å². The number of halogens is 14. The molecule has 0 spiro atoms. The number of ether oxygens (including phenoxy) is 2. The van der Waals surface area contributed by atoms with Crippen molar-refractivity contribution in [3.05, 3.63) is 227 Å². The van der Waals surface area contributed by atoms with Gasteiger partial charge in [0.05, 0.1) is 85.3 Å². The number of carbonyl (C=O) groups excluding carboxylic acids is 3. The number of hydrogen-bond acceptors (Lipinski definition) is 17. The summed E-state index contributed by atoms with van der Waals surface area (Å²) >= 11 is 3.09. The summed E-state index contributed by atoms with van der Waals surface area (Å²) in [6.07, 6.45) is -3.89. The van der Waals surface area contributed by atoms with E-state index in [1.165, 1.54) is 49.2 Å². The predicted octanol–water partition coefficient (Wildman–Crippen LogP) is 23.7. The summed E-state index contributed by atoms with van der Waals surface area (Å²) < 4.78 is 163. The van der Waals surface area contributed by atoms with Crippen LogP contribution in [0.3, 0.4) is 0 Å². The van der Waals surface area contributed by atoms with Gasteiger partial charge in [0, 0.05) is 75.3 Å². The largest absolute Gasteiger partial charge is 0.478 e. The molecule has 3 amide bonds. The monoisotopic (exact) mass is 1870 g/mol. The Morgan fingerprint density at radius 3 is 1.09 bits per heavy atom. The number of carboxylic acids is 1. The van der Waals surface area contributed by atoms with Gasteiger partial charge in [0.15, 0.2) is 0 Å². The Kier molecular flexibility index (Phi) is 46.9. The Morgan fingerprint density at radius 1 is 0.449 bits per heavy atom. The van der Waals surface area contributed by atoms with Gasteiger partial charge in [-0.1, -0.05) is 133 Å². The molecule has 12 rings (SSSR count). The summed E-state index contributed by atoms with van der Waals surface area (Å²) in [6, 6.07) is 39.5. The maximum Gasteiger partial charge on any atom is 0.416 e. The summed E-state index contributed by atoms with van der Waals surface area (Å²) in [5.74, 6) is -1.14. The van der Waals surface area contributed by atoms with E-state index in [1.807, 2.05) is 20.8 Å². The van der Waals surface area contributed by atoms with E-state index in [4.69, 9.17) is 19.8 Å². The molecule has 8 aromatic rings. The molecule has 0 atom stereocenters. The smallest absolute Gasteiger partial charge is 0.416 e. The lowest BCUT2D eigenvalue weighted by Crippen LogP contribution is -2.45. The normalized spacial score (nSPS) is 14.9. The van der Waals surface area contributed by atoms with Gasteiger partial charge in [-0.3, -0.25) is 14.8 Å². The Hall–Kier alpha value is -11.3. The van der Waals surface area contributed by atoms with Crippen LogP contribution in [0.2, 0.25) is 0 Å². The van der Waals surface area contributed by atoms with E-state index in [-0.39, 0.29) is 93.3 Å². The van der Waals surface area contributed by atoms with Crippen LogP contribution in [-0.4, -0.2) is 137 Å². The molecule has 0 saturated carbocycles. The first-order valence-corrected chi connectivity index (χ1v) is 39.0. The van der Waals surface area contributed by atoms with Crippen LogP contribution >= 0.6 is 28.3 Å². The van der Waals surface area contributed by atoms with Crippen molar-refractivity contribution < 1.29 is 86.4 Å². The molecule has 35 heteroatoms. The molecule has 692 valence electrons. The lowest BCUT2D eigenvalue weighted by molar-refractivity contribution is -0.138. The number of aromatic nitrogens is 6. The summed E-state index contributed by atoms with van der Waals surface area (Å²) in [5, 5.41) is 50.1. The molecular weight excluding hydrogens is 1760 g/mol. The average molecular weight is 1870 g/mol. The van der Waals surface area contributed by atoms with Gasteiger partial charge in [0.25, 0.3) is 5.91 Å². The first kappa shape index (κ1) is 116. The van der Waals surface area contributed by atoms with Gasteiger partial charge in [0.2, 0.25) is 0 Å². The van der Waals surface area contributed by atoms with E-state index in [0.29, 0.717) is 140 Å². The van der Waals surface area contributed by atoms with Gasteiger partial charge in [-0.15, -0.1) is 12.4 Å². The molecule has 8 heterocycles. The van der Waals surface area contributed by atoms with Crippen molar-refractivity contribution >= 4 is 52.4 Å². The predicted molar refractivity (Wildman–Crippen MR) is 469 cm³/mol. The summed E-state index contributed by atoms with van der Waals surface area (Å²) in [4.78, 5) is 76.9. The van der Waals surface area contributed by atoms with Crippen LogP contribution < -0.4 is 5.32 Å². The number of nitrogens with zero attached hydrogens (tertiary/aromatic N) is 13. The zero-order valence-corrected chi connectivity index (χ0v) is 69.3. The molecular formula is C92H114BrClF12N14O7. The number of benzene rings is 4. The number of aromatic carboxylic acids is 1. The Morgan fingerprint density at radius 2 is 0.772 bits per heavy atom. The first-order valence-electron chi connectivity index (χ1n) is 37.9. The number of alkyl halides is 13. The van der Waals surface area contributed by atoms with Crippen LogP contribution in [0.4, 0.5) is 62.3 Å². The van der Waals surface area contributed by atoms with Gasteiger partial charge in [0.1, 0.15) is 35.2 Å². The zero-order chi connectivity index (χ0) is 88.3. The molecule has 0 unspecified atom stereocenters. The average Bonchev–Trinajstić information content (AvgIpc) is 0.796. The van der Waals surface area contributed by atoms with Crippen molar-refractivity contribution in [2.75, 3.05) is 52.4 Å². The number of nitrogens with one attached hydrogen (secondary N) is 1. The molecule has 4 aliphatic heterocycles. The number of likely N-dealkylation sites (tertiary alicyclic amines) is 3. The van der Waals surface area contributed by atoms with Gasteiger partial charge < -0.3 is 34.6 Å². The minimum Gasteiger partial charge on any atom is -0.478 e. The van der Waals surface area contributed by atoms with Crippen molar-refractivity contribution in [1.29, 1.82) is 21.0 Å². The molecule has 4 aliphatic rings. The minimum absolute atomic E-state index is 0. The second-order valence-corrected chi connectivity index (χ2v) is 31.4. The minimum atomic E-state index is -4.43. The highest BCUT2D eigenvalue weighted by Gasteiger charge is 2.42. The lowest BCUT2D eigenvalue weighted by Gasteiger charge is -2.38. The Bertz CT molecular complexity index is 4900. The third-order valence-electron chi connectivity index (χ3n) is 19.5. The van der Waals surface area contributed by atoms with Crippen molar-refractivity contribution in [3.63, 3.8) is 0 Å². The maximum atomic E-state index is 13.2. The van der Waals surface area contributed by atoms with Gasteiger partial charge in [-0.2, -0.15) is 73.7 Å². The van der Waals surface area contributed by atoms with Crippen LogP contribution in [0.5, 0.6) is 0 Å². The van der Waals surface area contributed by atoms with E-state index < -0.39 is 86.5 Å². The zero-order valence-electron chi connectivity index (χ0n) is 66.9. The quantitative estimate of drug-likeness (QED) is 0.0898. The number of nitriles is 4. The van der Waals surface area contributed by atoms with Crippen LogP contribution in [0.15, 0.2) is 171 Å². The molecule has 4 fully saturated rings. The number of rotatable bonds is 11. The second kappa shape index (κ2) is 51.5. The van der Waals surface area contributed by atoms with Gasteiger partial charge in [-0.05, 0) is 208 Å². The first-order chi connectivity index (χ1) is 56.4. The summed E-state index contributed by atoms with van der Waals surface area (Å²) in [5.41, 5.74) is -1.33.